The molecule has 1 rings (SSSR count). The maximum Gasteiger partial charge on any atom is 0.133 e. The maximum absolute atomic E-state index is 4.97. The molecular weight excluding hydrogens is 162 g/mol. The zero-order valence-electron chi connectivity index (χ0n) is 6.05. The van der Waals surface area contributed by atoms with Crippen molar-refractivity contribution < 1.29 is 0 Å². The first-order valence-electron chi connectivity index (χ1n) is 3.78. The lowest BCUT2D eigenvalue weighted by atomic mass is 10.2. The number of rotatable bonds is 0. The van der Waals surface area contributed by atoms with Gasteiger partial charge in [-0.1, -0.05) is 25.1 Å². The predicted octanol–water partition coefficient (Wildman–Crippen LogP) is 2.08. The molecule has 1 heterocycles. The van der Waals surface area contributed by atoms with Gasteiger partial charge in [0.15, 0.2) is 0 Å². The summed E-state index contributed by atoms with van der Waals surface area (Å²) in [6, 6.07) is 0. The number of thiol groups is 1. The predicted molar refractivity (Wildman–Crippen MR) is 51.6 cm³/mol. The number of nitrogens with zero attached hydrogens (tertiary/aromatic N) is 1. The minimum atomic E-state index is 0.766. The van der Waals surface area contributed by atoms with Crippen molar-refractivity contribution in [3.8, 4) is 0 Å². The van der Waals surface area contributed by atoms with Crippen LogP contribution in [0.5, 0.6) is 0 Å². The summed E-state index contributed by atoms with van der Waals surface area (Å²) in [6.45, 7) is 2.23. The molecule has 0 aromatic carbocycles. The van der Waals surface area contributed by atoms with Gasteiger partial charge in [0.1, 0.15) is 4.32 Å². The first-order valence-corrected chi connectivity index (χ1v) is 4.64. The van der Waals surface area contributed by atoms with E-state index in [0.29, 0.717) is 0 Å². The second kappa shape index (κ2) is 4.19. The molecule has 1 aliphatic rings. The van der Waals surface area contributed by atoms with E-state index in [1.165, 1.54) is 25.7 Å². The fourth-order valence-electron chi connectivity index (χ4n) is 1.26. The minimum Gasteiger partial charge on any atom is -0.358 e. The van der Waals surface area contributed by atoms with Crippen molar-refractivity contribution in [1.29, 1.82) is 0 Å². The van der Waals surface area contributed by atoms with Gasteiger partial charge < -0.3 is 4.90 Å². The topological polar surface area (TPSA) is 3.24 Å². The van der Waals surface area contributed by atoms with Crippen LogP contribution in [0, 0.1) is 0 Å². The molecule has 0 atom stereocenters. The quantitative estimate of drug-likeness (QED) is 0.443. The molecule has 0 saturated carbocycles. The monoisotopic (exact) mass is 175 g/mol. The van der Waals surface area contributed by atoms with Crippen molar-refractivity contribution in [2.24, 2.45) is 0 Å². The summed E-state index contributed by atoms with van der Waals surface area (Å²) in [4.78, 5) is 2.19. The van der Waals surface area contributed by atoms with Crippen LogP contribution in [0.25, 0.3) is 0 Å². The molecule has 1 aliphatic heterocycles. The average Bonchev–Trinajstić information content (AvgIpc) is 2.12. The number of likely N-dealkylation sites (tertiary alicyclic amines) is 1. The Morgan fingerprint density at radius 3 is 2.00 bits per heavy atom. The molecule has 10 heavy (non-hydrogen) atoms. The Balaban J connectivity index is 2.35. The van der Waals surface area contributed by atoms with E-state index in [-0.39, 0.29) is 0 Å². The standard InChI is InChI=1S/C7H13NS2/c9-7(10)8-5-3-1-2-4-6-8/h1-6H2,(H,9,10). The number of hydrogen-bond donors (Lipinski definition) is 1. The molecule has 0 radical (unpaired) electrons. The van der Waals surface area contributed by atoms with Gasteiger partial charge in [0.05, 0.1) is 0 Å². The van der Waals surface area contributed by atoms with E-state index in [0.717, 1.165) is 17.4 Å². The van der Waals surface area contributed by atoms with Gasteiger partial charge in [0.2, 0.25) is 0 Å². The van der Waals surface area contributed by atoms with Crippen molar-refractivity contribution in [2.75, 3.05) is 13.1 Å². The summed E-state index contributed by atoms with van der Waals surface area (Å²) in [7, 11) is 0. The van der Waals surface area contributed by atoms with Gasteiger partial charge in [-0.3, -0.25) is 0 Å². The molecule has 0 aromatic rings. The SMILES string of the molecule is S=C(S)N1CCCCCC1. The Morgan fingerprint density at radius 1 is 1.10 bits per heavy atom. The average molecular weight is 175 g/mol. The first kappa shape index (κ1) is 8.34. The minimum absolute atomic E-state index is 0.766. The van der Waals surface area contributed by atoms with Crippen molar-refractivity contribution in [2.45, 2.75) is 25.7 Å². The molecular formula is C7H13NS2. The summed E-state index contributed by atoms with van der Waals surface area (Å²) >= 11 is 9.11. The van der Waals surface area contributed by atoms with Crippen molar-refractivity contribution in [1.82, 2.24) is 4.90 Å². The van der Waals surface area contributed by atoms with Crippen LogP contribution in [0.15, 0.2) is 0 Å². The molecule has 0 bridgehead atoms. The third-order valence-corrected chi connectivity index (χ3v) is 2.42. The number of hydrogen-bond acceptors (Lipinski definition) is 1. The maximum atomic E-state index is 4.97. The van der Waals surface area contributed by atoms with E-state index < -0.39 is 0 Å². The second-order valence-electron chi connectivity index (χ2n) is 2.68. The van der Waals surface area contributed by atoms with Crippen LogP contribution in [0.2, 0.25) is 0 Å². The van der Waals surface area contributed by atoms with E-state index in [2.05, 4.69) is 17.5 Å². The van der Waals surface area contributed by atoms with Gasteiger partial charge in [0.25, 0.3) is 0 Å². The van der Waals surface area contributed by atoms with Crippen LogP contribution in [0.1, 0.15) is 25.7 Å². The fraction of sp³-hybridized carbons (Fsp3) is 0.857. The molecule has 1 fully saturated rings. The third kappa shape index (κ3) is 2.46. The van der Waals surface area contributed by atoms with Gasteiger partial charge in [0, 0.05) is 13.1 Å². The molecule has 0 N–H and O–H groups in total. The summed E-state index contributed by atoms with van der Waals surface area (Å²) in [5.41, 5.74) is 0. The third-order valence-electron chi connectivity index (χ3n) is 1.88. The Labute approximate surface area is 73.2 Å². The largest absolute Gasteiger partial charge is 0.358 e. The van der Waals surface area contributed by atoms with Gasteiger partial charge >= 0.3 is 0 Å². The highest BCUT2D eigenvalue weighted by atomic mass is 32.1. The molecule has 1 nitrogen and oxygen atoms in total. The molecule has 0 aliphatic carbocycles. The van der Waals surface area contributed by atoms with E-state index in [4.69, 9.17) is 12.2 Å². The summed E-state index contributed by atoms with van der Waals surface area (Å²) in [5.74, 6) is 0. The van der Waals surface area contributed by atoms with Crippen LogP contribution in [-0.4, -0.2) is 22.3 Å². The Bertz CT molecular complexity index is 117. The van der Waals surface area contributed by atoms with Crippen molar-refractivity contribution in [3.63, 3.8) is 0 Å². The highest BCUT2D eigenvalue weighted by Gasteiger charge is 2.08. The van der Waals surface area contributed by atoms with Gasteiger partial charge in [-0.05, 0) is 12.8 Å². The summed E-state index contributed by atoms with van der Waals surface area (Å²) in [5, 5.41) is 0. The molecule has 1 saturated heterocycles. The molecule has 58 valence electrons. The molecule has 0 spiro atoms. The first-order chi connectivity index (χ1) is 4.80. The Kier molecular flexibility index (Phi) is 3.49. The molecule has 0 amide bonds. The zero-order chi connectivity index (χ0) is 7.40. The van der Waals surface area contributed by atoms with E-state index >= 15 is 0 Å². The Morgan fingerprint density at radius 2 is 1.60 bits per heavy atom. The summed E-state index contributed by atoms with van der Waals surface area (Å²) < 4.78 is 0.766. The van der Waals surface area contributed by atoms with Crippen LogP contribution in [0.3, 0.4) is 0 Å². The summed E-state index contributed by atoms with van der Waals surface area (Å²) in [6.07, 6.45) is 5.27. The lowest BCUT2D eigenvalue weighted by Crippen LogP contribution is -2.26. The highest BCUT2D eigenvalue weighted by molar-refractivity contribution is 8.10. The molecule has 0 unspecified atom stereocenters. The molecule has 0 aromatic heterocycles. The Hall–Kier alpha value is 0.240. The van der Waals surface area contributed by atoms with Crippen LogP contribution in [0.4, 0.5) is 0 Å². The highest BCUT2D eigenvalue weighted by Crippen LogP contribution is 2.10. The van der Waals surface area contributed by atoms with E-state index in [1.54, 1.807) is 0 Å². The van der Waals surface area contributed by atoms with E-state index in [1.807, 2.05) is 0 Å². The molecule has 3 heteroatoms. The normalized spacial score (nSPS) is 20.3. The van der Waals surface area contributed by atoms with E-state index in [9.17, 15) is 0 Å². The zero-order valence-corrected chi connectivity index (χ0v) is 7.76. The fourth-order valence-corrected chi connectivity index (χ4v) is 1.64. The lowest BCUT2D eigenvalue weighted by Gasteiger charge is -2.19. The van der Waals surface area contributed by atoms with Crippen LogP contribution < -0.4 is 0 Å². The van der Waals surface area contributed by atoms with Crippen molar-refractivity contribution >= 4 is 29.2 Å². The van der Waals surface area contributed by atoms with Crippen LogP contribution >= 0.6 is 24.8 Å². The number of thiocarbonyl (C=S) groups is 1. The van der Waals surface area contributed by atoms with Crippen LogP contribution in [-0.2, 0) is 0 Å². The van der Waals surface area contributed by atoms with Gasteiger partial charge in [-0.2, -0.15) is 0 Å². The lowest BCUT2D eigenvalue weighted by molar-refractivity contribution is 0.450. The second-order valence-corrected chi connectivity index (χ2v) is 3.80. The van der Waals surface area contributed by atoms with Crippen molar-refractivity contribution in [3.05, 3.63) is 0 Å². The van der Waals surface area contributed by atoms with Gasteiger partial charge in [-0.25, -0.2) is 0 Å². The smallest absolute Gasteiger partial charge is 0.133 e. The van der Waals surface area contributed by atoms with Gasteiger partial charge in [-0.15, -0.1) is 12.6 Å².